The summed E-state index contributed by atoms with van der Waals surface area (Å²) in [7, 11) is 1.44. The van der Waals surface area contributed by atoms with E-state index in [0.29, 0.717) is 16.9 Å². The molecule has 0 heterocycles. The van der Waals surface area contributed by atoms with E-state index in [1.807, 2.05) is 36.4 Å². The average molecular weight is 478 g/mol. The van der Waals surface area contributed by atoms with Gasteiger partial charge in [-0.15, -0.1) is 0 Å². The molecule has 1 N–H and O–H groups in total. The van der Waals surface area contributed by atoms with Crippen LogP contribution in [0.2, 0.25) is 5.02 Å². The van der Waals surface area contributed by atoms with Crippen LogP contribution in [0.25, 0.3) is 6.08 Å². The van der Waals surface area contributed by atoms with Gasteiger partial charge in [-0.3, -0.25) is 14.9 Å². The van der Waals surface area contributed by atoms with Crippen molar-refractivity contribution in [2.24, 2.45) is 0 Å². The number of carbonyl (C=O) groups excluding carboxylic acids is 1. The highest BCUT2D eigenvalue weighted by Crippen LogP contribution is 2.37. The number of carbonyl (C=O) groups is 1. The fourth-order valence-electron chi connectivity index (χ4n) is 3.02. The third-order valence-electron chi connectivity index (χ3n) is 4.75. The predicted molar refractivity (Wildman–Crippen MR) is 127 cm³/mol. The van der Waals surface area contributed by atoms with Crippen molar-refractivity contribution in [3.05, 3.63) is 104 Å². The van der Waals surface area contributed by atoms with E-state index in [4.69, 9.17) is 21.1 Å². The lowest BCUT2D eigenvalue weighted by Crippen LogP contribution is -2.23. The van der Waals surface area contributed by atoms with E-state index in [1.54, 1.807) is 24.3 Å². The zero-order valence-corrected chi connectivity index (χ0v) is 18.9. The Hall–Kier alpha value is -4.35. The van der Waals surface area contributed by atoms with E-state index >= 15 is 0 Å². The number of nitriles is 1. The van der Waals surface area contributed by atoms with Crippen molar-refractivity contribution >= 4 is 29.3 Å². The van der Waals surface area contributed by atoms with E-state index < -0.39 is 10.8 Å². The molecular weight excluding hydrogens is 458 g/mol. The number of hydrogen-bond acceptors (Lipinski definition) is 6. The van der Waals surface area contributed by atoms with Crippen molar-refractivity contribution < 1.29 is 19.2 Å². The molecule has 1 amide bonds. The number of hydrogen-bond donors (Lipinski definition) is 1. The van der Waals surface area contributed by atoms with Crippen molar-refractivity contribution in [1.29, 1.82) is 5.26 Å². The summed E-state index contributed by atoms with van der Waals surface area (Å²) < 4.78 is 11.2. The molecule has 0 aliphatic rings. The lowest BCUT2D eigenvalue weighted by molar-refractivity contribution is -0.384. The van der Waals surface area contributed by atoms with E-state index in [-0.39, 0.29) is 35.2 Å². The van der Waals surface area contributed by atoms with Gasteiger partial charge in [-0.2, -0.15) is 5.26 Å². The number of halogens is 1. The van der Waals surface area contributed by atoms with Crippen LogP contribution in [0, 0.1) is 21.4 Å². The summed E-state index contributed by atoms with van der Waals surface area (Å²) in [6.07, 6.45) is 1.41. The number of ether oxygens (including phenoxy) is 2. The molecule has 0 saturated carbocycles. The lowest BCUT2D eigenvalue weighted by Gasteiger charge is -2.13. The quantitative estimate of drug-likeness (QED) is 0.199. The summed E-state index contributed by atoms with van der Waals surface area (Å²) >= 11 is 6.39. The molecule has 0 aliphatic carbocycles. The minimum atomic E-state index is -0.514. The number of non-ortho nitro benzene ring substituents is 1. The third-order valence-corrected chi connectivity index (χ3v) is 5.03. The van der Waals surface area contributed by atoms with Crippen LogP contribution in [-0.4, -0.2) is 17.9 Å². The third kappa shape index (κ3) is 6.34. The van der Waals surface area contributed by atoms with Crippen LogP contribution in [0.4, 0.5) is 5.69 Å². The Kier molecular flexibility index (Phi) is 8.21. The molecule has 3 aromatic carbocycles. The van der Waals surface area contributed by atoms with Crippen molar-refractivity contribution in [1.82, 2.24) is 5.32 Å². The molecule has 0 radical (unpaired) electrons. The lowest BCUT2D eigenvalue weighted by atomic mass is 10.1. The molecule has 0 aliphatic heterocycles. The second kappa shape index (κ2) is 11.5. The highest BCUT2D eigenvalue weighted by molar-refractivity contribution is 6.32. The molecule has 0 spiro atoms. The van der Waals surface area contributed by atoms with E-state index in [2.05, 4.69) is 5.32 Å². The van der Waals surface area contributed by atoms with Gasteiger partial charge in [0.25, 0.3) is 11.6 Å². The topological polar surface area (TPSA) is 114 Å². The maximum absolute atomic E-state index is 12.5. The molecule has 0 aromatic heterocycles. The maximum atomic E-state index is 12.5. The Labute approximate surface area is 201 Å². The standard InChI is InChI=1S/C25H20ClN3O5/c1-33-23-13-19(11-20(14-27)25(30)28-15-17-5-3-2-4-6-17)12-22(26)24(23)34-16-18-7-9-21(10-8-18)29(31)32/h2-13H,15-16H2,1H3,(H,28,30)/b20-11-. The van der Waals surface area contributed by atoms with E-state index in [1.165, 1.54) is 25.3 Å². The Bertz CT molecular complexity index is 1250. The normalized spacial score (nSPS) is 10.8. The molecule has 0 fully saturated rings. The van der Waals surface area contributed by atoms with Crippen LogP contribution >= 0.6 is 11.6 Å². The fraction of sp³-hybridized carbons (Fsp3) is 0.120. The van der Waals surface area contributed by atoms with Gasteiger partial charge >= 0.3 is 0 Å². The number of nitro groups is 1. The van der Waals surface area contributed by atoms with Crippen LogP contribution < -0.4 is 14.8 Å². The van der Waals surface area contributed by atoms with Gasteiger partial charge in [-0.25, -0.2) is 0 Å². The van der Waals surface area contributed by atoms with Gasteiger partial charge in [0, 0.05) is 18.7 Å². The Morgan fingerprint density at radius 1 is 1.15 bits per heavy atom. The zero-order valence-electron chi connectivity index (χ0n) is 18.2. The SMILES string of the molecule is COc1cc(/C=C(/C#N)C(=O)NCc2ccccc2)cc(Cl)c1OCc1ccc([N+](=O)[O-])cc1. The first kappa shape index (κ1) is 24.3. The fourth-order valence-corrected chi connectivity index (χ4v) is 3.29. The first-order valence-electron chi connectivity index (χ1n) is 10.1. The number of methoxy groups -OCH3 is 1. The molecular formula is C25H20ClN3O5. The van der Waals surface area contributed by atoms with Gasteiger partial charge < -0.3 is 14.8 Å². The molecule has 0 atom stereocenters. The number of nitrogens with one attached hydrogen (secondary N) is 1. The van der Waals surface area contributed by atoms with Gasteiger partial charge in [0.2, 0.25) is 0 Å². The number of nitro benzene ring substituents is 1. The second-order valence-electron chi connectivity index (χ2n) is 7.08. The Balaban J connectivity index is 1.74. The van der Waals surface area contributed by atoms with Crippen LogP contribution in [0.1, 0.15) is 16.7 Å². The summed E-state index contributed by atoms with van der Waals surface area (Å²) in [4.78, 5) is 22.8. The van der Waals surface area contributed by atoms with Gasteiger partial charge in [0.05, 0.1) is 17.1 Å². The largest absolute Gasteiger partial charge is 0.493 e. The van der Waals surface area contributed by atoms with Crippen LogP contribution in [0.5, 0.6) is 11.5 Å². The smallest absolute Gasteiger partial charge is 0.269 e. The van der Waals surface area contributed by atoms with Gasteiger partial charge in [-0.1, -0.05) is 41.9 Å². The molecule has 0 unspecified atom stereocenters. The molecule has 0 saturated heterocycles. The summed E-state index contributed by atoms with van der Waals surface area (Å²) in [5.41, 5.74) is 1.99. The van der Waals surface area contributed by atoms with Crippen LogP contribution in [0.3, 0.4) is 0 Å². The Morgan fingerprint density at radius 3 is 2.47 bits per heavy atom. The number of benzene rings is 3. The van der Waals surface area contributed by atoms with Gasteiger partial charge in [-0.05, 0) is 47.0 Å². The summed E-state index contributed by atoms with van der Waals surface area (Å²) in [6.45, 7) is 0.396. The molecule has 9 heteroatoms. The first-order chi connectivity index (χ1) is 16.4. The van der Waals surface area contributed by atoms with E-state index in [0.717, 1.165) is 5.56 Å². The minimum Gasteiger partial charge on any atom is -0.493 e. The molecule has 3 rings (SSSR count). The highest BCUT2D eigenvalue weighted by atomic mass is 35.5. The van der Waals surface area contributed by atoms with E-state index in [9.17, 15) is 20.2 Å². The van der Waals surface area contributed by atoms with Crippen molar-refractivity contribution in [3.8, 4) is 17.6 Å². The predicted octanol–water partition coefficient (Wildman–Crippen LogP) is 5.06. The Morgan fingerprint density at radius 2 is 1.85 bits per heavy atom. The number of amides is 1. The van der Waals surface area contributed by atoms with Gasteiger partial charge in [0.15, 0.2) is 11.5 Å². The van der Waals surface area contributed by atoms with Crippen LogP contribution in [-0.2, 0) is 17.9 Å². The van der Waals surface area contributed by atoms with Crippen LogP contribution in [0.15, 0.2) is 72.3 Å². The maximum Gasteiger partial charge on any atom is 0.269 e. The van der Waals surface area contributed by atoms with Crippen molar-refractivity contribution in [2.45, 2.75) is 13.2 Å². The number of rotatable bonds is 9. The highest BCUT2D eigenvalue weighted by Gasteiger charge is 2.15. The first-order valence-corrected chi connectivity index (χ1v) is 10.5. The number of nitrogens with zero attached hydrogens (tertiary/aromatic N) is 2. The summed E-state index contributed by atoms with van der Waals surface area (Å²) in [5, 5.41) is 23.2. The molecule has 34 heavy (non-hydrogen) atoms. The molecule has 172 valence electrons. The van der Waals surface area contributed by atoms with Crippen molar-refractivity contribution in [3.63, 3.8) is 0 Å². The summed E-state index contributed by atoms with van der Waals surface area (Å²) in [6, 6.07) is 20.3. The zero-order chi connectivity index (χ0) is 24.5. The monoisotopic (exact) mass is 477 g/mol. The molecule has 0 bridgehead atoms. The second-order valence-corrected chi connectivity index (χ2v) is 7.49. The molecule has 8 nitrogen and oxygen atoms in total. The average Bonchev–Trinajstić information content (AvgIpc) is 2.85. The minimum absolute atomic E-state index is 0.0170. The summed E-state index contributed by atoms with van der Waals surface area (Å²) in [5.74, 6) is 0.0642. The van der Waals surface area contributed by atoms with Crippen molar-refractivity contribution in [2.75, 3.05) is 7.11 Å². The van der Waals surface area contributed by atoms with Gasteiger partial charge in [0.1, 0.15) is 18.2 Å². The molecule has 3 aromatic rings.